The van der Waals surface area contributed by atoms with Crippen molar-refractivity contribution in [2.45, 2.75) is 12.6 Å². The molecule has 0 radical (unpaired) electrons. The third-order valence-corrected chi connectivity index (χ3v) is 3.65. The van der Waals surface area contributed by atoms with Gasteiger partial charge in [-0.2, -0.15) is 13.2 Å². The zero-order valence-electron chi connectivity index (χ0n) is 12.7. The van der Waals surface area contributed by atoms with Crippen LogP contribution in [0.15, 0.2) is 59.3 Å². The lowest BCUT2D eigenvalue weighted by molar-refractivity contribution is -0.128. The first-order valence-corrected chi connectivity index (χ1v) is 7.41. The Kier molecular flexibility index (Phi) is 3.52. The Morgan fingerprint density at radius 1 is 0.960 bits per heavy atom. The second-order valence-corrected chi connectivity index (χ2v) is 5.46. The minimum Gasteiger partial charge on any atom is -0.444 e. The zero-order chi connectivity index (χ0) is 17.4. The summed E-state index contributed by atoms with van der Waals surface area (Å²) >= 11 is 0. The second-order valence-electron chi connectivity index (χ2n) is 5.46. The van der Waals surface area contributed by atoms with Gasteiger partial charge in [-0.3, -0.25) is 4.40 Å². The Morgan fingerprint density at radius 2 is 1.76 bits per heavy atom. The van der Waals surface area contributed by atoms with Crippen LogP contribution in [0.25, 0.3) is 28.4 Å². The van der Waals surface area contributed by atoms with Gasteiger partial charge >= 0.3 is 6.18 Å². The van der Waals surface area contributed by atoms with E-state index in [2.05, 4.69) is 15.2 Å². The van der Waals surface area contributed by atoms with Crippen LogP contribution in [-0.4, -0.2) is 25.8 Å². The molecule has 126 valence electrons. The van der Waals surface area contributed by atoms with Gasteiger partial charge in [0.2, 0.25) is 5.89 Å². The van der Waals surface area contributed by atoms with Crippen LogP contribution in [0.3, 0.4) is 0 Å². The number of fused-ring (bicyclic) bond motifs is 1. The van der Waals surface area contributed by atoms with Crippen LogP contribution in [0.5, 0.6) is 0 Å². The molecule has 3 heterocycles. The van der Waals surface area contributed by atoms with E-state index in [1.54, 1.807) is 12.1 Å². The van der Waals surface area contributed by atoms with E-state index in [-0.39, 0.29) is 5.82 Å². The lowest BCUT2D eigenvalue weighted by atomic mass is 10.2. The third kappa shape index (κ3) is 3.10. The van der Waals surface area contributed by atoms with Crippen molar-refractivity contribution < 1.29 is 17.6 Å². The van der Waals surface area contributed by atoms with Crippen LogP contribution in [0, 0.1) is 0 Å². The van der Waals surface area contributed by atoms with Crippen molar-refractivity contribution >= 4 is 5.65 Å². The van der Waals surface area contributed by atoms with Gasteiger partial charge < -0.3 is 4.42 Å². The summed E-state index contributed by atoms with van der Waals surface area (Å²) in [5.74, 6) is 0.131. The number of nitrogens with zero attached hydrogens (tertiary/aromatic N) is 4. The predicted molar refractivity (Wildman–Crippen MR) is 83.7 cm³/mol. The van der Waals surface area contributed by atoms with Gasteiger partial charge in [-0.1, -0.05) is 30.3 Å². The minimum absolute atomic E-state index is 0.181. The highest BCUT2D eigenvalue weighted by atomic mass is 19.4. The van der Waals surface area contributed by atoms with E-state index in [1.165, 1.54) is 16.9 Å². The highest BCUT2D eigenvalue weighted by molar-refractivity contribution is 5.63. The van der Waals surface area contributed by atoms with Crippen LogP contribution in [0.2, 0.25) is 0 Å². The number of aromatic nitrogens is 4. The molecule has 0 unspecified atom stereocenters. The average molecular weight is 344 g/mol. The third-order valence-electron chi connectivity index (χ3n) is 3.65. The summed E-state index contributed by atoms with van der Waals surface area (Å²) < 4.78 is 44.7. The molecule has 0 spiro atoms. The van der Waals surface area contributed by atoms with E-state index in [0.29, 0.717) is 22.8 Å². The number of hydrogen-bond donors (Lipinski definition) is 0. The van der Waals surface area contributed by atoms with Crippen molar-refractivity contribution in [3.05, 3.63) is 60.7 Å². The number of alkyl halides is 3. The van der Waals surface area contributed by atoms with Gasteiger partial charge in [0.1, 0.15) is 24.2 Å². The lowest BCUT2D eigenvalue weighted by Crippen LogP contribution is -2.14. The molecule has 0 atom stereocenters. The number of pyridine rings is 1. The van der Waals surface area contributed by atoms with Crippen molar-refractivity contribution in [2.24, 2.45) is 0 Å². The van der Waals surface area contributed by atoms with Crippen LogP contribution in [0.4, 0.5) is 13.2 Å². The molecular formula is C17H11F3N4O. The molecule has 0 amide bonds. The number of benzene rings is 1. The smallest absolute Gasteiger partial charge is 0.396 e. The maximum absolute atomic E-state index is 12.6. The topological polar surface area (TPSA) is 56.2 Å². The molecular weight excluding hydrogens is 333 g/mol. The first kappa shape index (κ1) is 15.4. The fourth-order valence-electron chi connectivity index (χ4n) is 2.51. The summed E-state index contributed by atoms with van der Waals surface area (Å²) in [5, 5.41) is 7.36. The lowest BCUT2D eigenvalue weighted by Gasteiger charge is -2.05. The molecule has 0 fully saturated rings. The van der Waals surface area contributed by atoms with Crippen LogP contribution >= 0.6 is 0 Å². The normalized spacial score (nSPS) is 12.0. The zero-order valence-corrected chi connectivity index (χ0v) is 12.7. The maximum atomic E-state index is 12.6. The van der Waals surface area contributed by atoms with E-state index >= 15 is 0 Å². The molecule has 0 bridgehead atoms. The van der Waals surface area contributed by atoms with Gasteiger partial charge in [-0.05, 0) is 12.1 Å². The van der Waals surface area contributed by atoms with Gasteiger partial charge in [0, 0.05) is 11.8 Å². The fourth-order valence-corrected chi connectivity index (χ4v) is 2.51. The standard InChI is InChI=1S/C17H11F3N4O/c18-17(19,20)8-15-23-22-14-7-6-12(9-24(14)15)16-21-13(10-25-16)11-4-2-1-3-5-11/h1-7,9-10H,8H2. The van der Waals surface area contributed by atoms with E-state index in [0.717, 1.165) is 5.56 Å². The molecule has 8 heteroatoms. The first-order valence-electron chi connectivity index (χ1n) is 7.41. The Morgan fingerprint density at radius 3 is 2.52 bits per heavy atom. The molecule has 0 N–H and O–H groups in total. The fraction of sp³-hybridized carbons (Fsp3) is 0.118. The SMILES string of the molecule is FC(F)(F)Cc1nnc2ccc(-c3nc(-c4ccccc4)co3)cn12. The monoisotopic (exact) mass is 344 g/mol. The molecule has 0 saturated carbocycles. The Labute approximate surface area is 139 Å². The molecule has 4 rings (SSSR count). The van der Waals surface area contributed by atoms with E-state index in [1.807, 2.05) is 30.3 Å². The van der Waals surface area contributed by atoms with Gasteiger partial charge in [0.25, 0.3) is 0 Å². The molecule has 5 nitrogen and oxygen atoms in total. The summed E-state index contributed by atoms with van der Waals surface area (Å²) in [6.45, 7) is 0. The average Bonchev–Trinajstić information content (AvgIpc) is 3.22. The van der Waals surface area contributed by atoms with Crippen LogP contribution < -0.4 is 0 Å². The van der Waals surface area contributed by atoms with Crippen molar-refractivity contribution in [1.82, 2.24) is 19.6 Å². The van der Waals surface area contributed by atoms with Crippen LogP contribution in [0.1, 0.15) is 5.82 Å². The minimum atomic E-state index is -4.36. The molecule has 4 aromatic rings. The van der Waals surface area contributed by atoms with E-state index < -0.39 is 12.6 Å². The Hall–Kier alpha value is -3.16. The second kappa shape index (κ2) is 5.73. The number of rotatable bonds is 3. The number of oxazole rings is 1. The largest absolute Gasteiger partial charge is 0.444 e. The van der Waals surface area contributed by atoms with Crippen molar-refractivity contribution in [2.75, 3.05) is 0 Å². The molecule has 0 aliphatic carbocycles. The van der Waals surface area contributed by atoms with Gasteiger partial charge in [-0.25, -0.2) is 4.98 Å². The molecule has 1 aromatic carbocycles. The van der Waals surface area contributed by atoms with E-state index in [4.69, 9.17) is 4.42 Å². The number of hydrogen-bond acceptors (Lipinski definition) is 4. The predicted octanol–water partition coefficient (Wildman–Crippen LogP) is 4.16. The van der Waals surface area contributed by atoms with Crippen molar-refractivity contribution in [3.8, 4) is 22.7 Å². The molecule has 25 heavy (non-hydrogen) atoms. The van der Waals surface area contributed by atoms with Gasteiger partial charge in [0.15, 0.2) is 5.65 Å². The van der Waals surface area contributed by atoms with Crippen molar-refractivity contribution in [3.63, 3.8) is 0 Å². The Bertz CT molecular complexity index is 1020. The highest BCUT2D eigenvalue weighted by Crippen LogP contribution is 2.26. The summed E-state index contributed by atoms with van der Waals surface area (Å²) in [4.78, 5) is 4.40. The highest BCUT2D eigenvalue weighted by Gasteiger charge is 2.30. The summed E-state index contributed by atoms with van der Waals surface area (Å²) in [5.41, 5.74) is 2.41. The molecule has 0 aliphatic heterocycles. The molecule has 3 aromatic heterocycles. The Balaban J connectivity index is 1.72. The number of halogens is 3. The summed E-state index contributed by atoms with van der Waals surface area (Å²) in [6.07, 6.45) is -2.50. The molecule has 0 aliphatic rings. The van der Waals surface area contributed by atoms with Crippen molar-refractivity contribution in [1.29, 1.82) is 0 Å². The summed E-state index contributed by atoms with van der Waals surface area (Å²) in [6, 6.07) is 12.7. The van der Waals surface area contributed by atoms with Gasteiger partial charge in [-0.15, -0.1) is 10.2 Å². The maximum Gasteiger partial charge on any atom is 0.396 e. The summed E-state index contributed by atoms with van der Waals surface area (Å²) in [7, 11) is 0. The van der Waals surface area contributed by atoms with Crippen LogP contribution in [-0.2, 0) is 6.42 Å². The van der Waals surface area contributed by atoms with E-state index in [9.17, 15) is 13.2 Å². The quantitative estimate of drug-likeness (QED) is 0.560. The first-order chi connectivity index (χ1) is 12.0. The molecule has 0 saturated heterocycles. The van der Waals surface area contributed by atoms with Gasteiger partial charge in [0.05, 0.1) is 5.56 Å².